The van der Waals surface area contributed by atoms with E-state index in [0.717, 1.165) is 57.8 Å². The number of unbranched alkanes of at least 4 members (excludes halogenated alkanes) is 7. The standard InChI is InChI=1S/C16H29NO3/c1-2-3-13-20-16(19)15(14-17)11-9-7-5-4-6-8-10-12-18/h15,18H,2-13H2,1H3. The highest BCUT2D eigenvalue weighted by molar-refractivity contribution is 5.75. The number of carbonyl (C=O) groups excluding carboxylic acids is 1. The molecule has 0 heterocycles. The fraction of sp³-hybridized carbons (Fsp3) is 0.875. The van der Waals surface area contributed by atoms with Gasteiger partial charge in [0.2, 0.25) is 0 Å². The Balaban J connectivity index is 3.54. The summed E-state index contributed by atoms with van der Waals surface area (Å²) in [7, 11) is 0. The van der Waals surface area contributed by atoms with Crippen molar-refractivity contribution in [1.29, 1.82) is 5.26 Å². The van der Waals surface area contributed by atoms with E-state index in [1.54, 1.807) is 0 Å². The van der Waals surface area contributed by atoms with Crippen LogP contribution in [0.2, 0.25) is 0 Å². The van der Waals surface area contributed by atoms with Crippen LogP contribution in [-0.4, -0.2) is 24.3 Å². The topological polar surface area (TPSA) is 70.3 Å². The summed E-state index contributed by atoms with van der Waals surface area (Å²) in [4.78, 5) is 11.6. The number of hydrogen-bond donors (Lipinski definition) is 1. The maximum Gasteiger partial charge on any atom is 0.323 e. The van der Waals surface area contributed by atoms with Gasteiger partial charge in [0.25, 0.3) is 0 Å². The zero-order valence-electron chi connectivity index (χ0n) is 12.8. The molecule has 0 amide bonds. The molecule has 0 rings (SSSR count). The fourth-order valence-corrected chi connectivity index (χ4v) is 2.00. The van der Waals surface area contributed by atoms with E-state index < -0.39 is 5.92 Å². The zero-order valence-corrected chi connectivity index (χ0v) is 12.8. The lowest BCUT2D eigenvalue weighted by Gasteiger charge is -2.09. The molecule has 0 aliphatic heterocycles. The Morgan fingerprint density at radius 1 is 1.10 bits per heavy atom. The van der Waals surface area contributed by atoms with Crippen molar-refractivity contribution in [3.05, 3.63) is 0 Å². The Labute approximate surface area is 123 Å². The molecule has 0 fully saturated rings. The minimum atomic E-state index is -0.596. The average Bonchev–Trinajstić information content (AvgIpc) is 2.46. The highest BCUT2D eigenvalue weighted by Gasteiger charge is 2.18. The van der Waals surface area contributed by atoms with E-state index in [-0.39, 0.29) is 12.6 Å². The first kappa shape index (κ1) is 18.9. The largest absolute Gasteiger partial charge is 0.465 e. The van der Waals surface area contributed by atoms with Crippen LogP contribution >= 0.6 is 0 Å². The first-order valence-electron chi connectivity index (χ1n) is 7.93. The predicted octanol–water partition coefficient (Wildman–Crippen LogP) is 3.58. The van der Waals surface area contributed by atoms with Crippen LogP contribution < -0.4 is 0 Å². The van der Waals surface area contributed by atoms with Gasteiger partial charge in [0.05, 0.1) is 12.7 Å². The van der Waals surface area contributed by atoms with Crippen molar-refractivity contribution < 1.29 is 14.6 Å². The SMILES string of the molecule is CCCCOC(=O)C(C#N)CCCCCCCCCO. The molecule has 0 aliphatic rings. The number of rotatable bonds is 13. The summed E-state index contributed by atoms with van der Waals surface area (Å²) < 4.78 is 5.07. The van der Waals surface area contributed by atoms with E-state index in [0.29, 0.717) is 13.0 Å². The van der Waals surface area contributed by atoms with Crippen LogP contribution in [0.5, 0.6) is 0 Å². The molecule has 0 saturated carbocycles. The second kappa shape index (κ2) is 14.3. The van der Waals surface area contributed by atoms with Crippen molar-refractivity contribution in [2.45, 2.75) is 71.1 Å². The zero-order chi connectivity index (χ0) is 15.1. The van der Waals surface area contributed by atoms with Crippen molar-refractivity contribution in [3.63, 3.8) is 0 Å². The molecule has 1 atom stereocenters. The van der Waals surface area contributed by atoms with Gasteiger partial charge in [-0.3, -0.25) is 4.79 Å². The maximum atomic E-state index is 11.6. The Morgan fingerprint density at radius 3 is 2.25 bits per heavy atom. The van der Waals surface area contributed by atoms with Gasteiger partial charge in [-0.05, 0) is 19.3 Å². The summed E-state index contributed by atoms with van der Waals surface area (Å²) >= 11 is 0. The van der Waals surface area contributed by atoms with Crippen molar-refractivity contribution in [2.75, 3.05) is 13.2 Å². The molecule has 0 radical (unpaired) electrons. The third kappa shape index (κ3) is 10.8. The summed E-state index contributed by atoms with van der Waals surface area (Å²) in [5.41, 5.74) is 0. The molecule has 0 bridgehead atoms. The minimum Gasteiger partial charge on any atom is -0.465 e. The van der Waals surface area contributed by atoms with Gasteiger partial charge >= 0.3 is 5.97 Å². The second-order valence-corrected chi connectivity index (χ2v) is 5.19. The molecular formula is C16H29NO3. The van der Waals surface area contributed by atoms with E-state index in [2.05, 4.69) is 0 Å². The number of carbonyl (C=O) groups is 1. The quantitative estimate of drug-likeness (QED) is 0.414. The van der Waals surface area contributed by atoms with Gasteiger partial charge in [-0.25, -0.2) is 0 Å². The molecule has 0 aromatic rings. The molecule has 1 unspecified atom stereocenters. The Bertz CT molecular complexity index is 273. The van der Waals surface area contributed by atoms with E-state index in [9.17, 15) is 4.79 Å². The van der Waals surface area contributed by atoms with E-state index >= 15 is 0 Å². The number of hydrogen-bond acceptors (Lipinski definition) is 4. The lowest BCUT2D eigenvalue weighted by atomic mass is 10.0. The third-order valence-corrected chi connectivity index (χ3v) is 3.33. The molecule has 0 spiro atoms. The van der Waals surface area contributed by atoms with Crippen LogP contribution in [0.1, 0.15) is 71.1 Å². The van der Waals surface area contributed by atoms with Gasteiger partial charge in [0.1, 0.15) is 5.92 Å². The minimum absolute atomic E-state index is 0.282. The van der Waals surface area contributed by atoms with Crippen LogP contribution in [0.15, 0.2) is 0 Å². The normalized spacial score (nSPS) is 11.8. The van der Waals surface area contributed by atoms with Crippen molar-refractivity contribution in [3.8, 4) is 6.07 Å². The van der Waals surface area contributed by atoms with Gasteiger partial charge < -0.3 is 9.84 Å². The molecule has 0 saturated heterocycles. The highest BCUT2D eigenvalue weighted by atomic mass is 16.5. The van der Waals surface area contributed by atoms with Gasteiger partial charge in [0.15, 0.2) is 0 Å². The van der Waals surface area contributed by atoms with Crippen LogP contribution in [0.3, 0.4) is 0 Å². The molecule has 1 N–H and O–H groups in total. The summed E-state index contributed by atoms with van der Waals surface area (Å²) in [6.45, 7) is 2.75. The second-order valence-electron chi connectivity index (χ2n) is 5.19. The van der Waals surface area contributed by atoms with Crippen LogP contribution in [0.25, 0.3) is 0 Å². The molecule has 20 heavy (non-hydrogen) atoms. The molecule has 0 aromatic carbocycles. The predicted molar refractivity (Wildman–Crippen MR) is 79.0 cm³/mol. The molecule has 4 nitrogen and oxygen atoms in total. The first-order chi connectivity index (χ1) is 9.76. The maximum absolute atomic E-state index is 11.6. The Kier molecular flexibility index (Phi) is 13.6. The highest BCUT2D eigenvalue weighted by Crippen LogP contribution is 2.14. The van der Waals surface area contributed by atoms with Crippen LogP contribution in [-0.2, 0) is 9.53 Å². The number of aliphatic hydroxyl groups excluding tert-OH is 1. The van der Waals surface area contributed by atoms with Gasteiger partial charge in [-0.2, -0.15) is 5.26 Å². The summed E-state index contributed by atoms with van der Waals surface area (Å²) in [6.07, 6.45) is 9.84. The molecule has 0 aromatic heterocycles. The summed E-state index contributed by atoms with van der Waals surface area (Å²) in [5, 5.41) is 17.6. The van der Waals surface area contributed by atoms with E-state index in [4.69, 9.17) is 15.1 Å². The average molecular weight is 283 g/mol. The number of nitrogens with zero attached hydrogens (tertiary/aromatic N) is 1. The third-order valence-electron chi connectivity index (χ3n) is 3.33. The summed E-state index contributed by atoms with van der Waals surface area (Å²) in [5.74, 6) is -0.954. The smallest absolute Gasteiger partial charge is 0.323 e. The Hall–Kier alpha value is -1.08. The Morgan fingerprint density at radius 2 is 1.70 bits per heavy atom. The van der Waals surface area contributed by atoms with Crippen LogP contribution in [0, 0.1) is 17.2 Å². The van der Waals surface area contributed by atoms with E-state index in [1.807, 2.05) is 13.0 Å². The number of esters is 1. The van der Waals surface area contributed by atoms with Crippen molar-refractivity contribution in [1.82, 2.24) is 0 Å². The lowest BCUT2D eigenvalue weighted by molar-refractivity contribution is -0.146. The summed E-state index contributed by atoms with van der Waals surface area (Å²) in [6, 6.07) is 2.05. The molecular weight excluding hydrogens is 254 g/mol. The van der Waals surface area contributed by atoms with Gasteiger partial charge in [-0.1, -0.05) is 51.9 Å². The van der Waals surface area contributed by atoms with Gasteiger partial charge in [0, 0.05) is 6.61 Å². The number of aliphatic hydroxyl groups is 1. The number of ether oxygens (including phenoxy) is 1. The van der Waals surface area contributed by atoms with Gasteiger partial charge in [-0.15, -0.1) is 0 Å². The van der Waals surface area contributed by atoms with Crippen molar-refractivity contribution >= 4 is 5.97 Å². The van der Waals surface area contributed by atoms with Crippen molar-refractivity contribution in [2.24, 2.45) is 5.92 Å². The molecule has 0 aliphatic carbocycles. The first-order valence-corrected chi connectivity index (χ1v) is 7.93. The molecule has 4 heteroatoms. The molecule has 116 valence electrons. The fourth-order valence-electron chi connectivity index (χ4n) is 2.00. The monoisotopic (exact) mass is 283 g/mol. The number of nitriles is 1. The van der Waals surface area contributed by atoms with Crippen LogP contribution in [0.4, 0.5) is 0 Å². The van der Waals surface area contributed by atoms with E-state index in [1.165, 1.54) is 0 Å². The lowest BCUT2D eigenvalue weighted by Crippen LogP contribution is -2.16.